The van der Waals surface area contributed by atoms with Gasteiger partial charge in [0.2, 0.25) is 6.41 Å². The first-order chi connectivity index (χ1) is 13.7. The minimum Gasteiger partial charge on any atom is -0.382 e. The van der Waals surface area contributed by atoms with E-state index < -0.39 is 0 Å². The number of pyridine rings is 1. The van der Waals surface area contributed by atoms with Crippen LogP contribution in [0.4, 0.5) is 17.2 Å². The van der Waals surface area contributed by atoms with Crippen LogP contribution in [0.5, 0.6) is 0 Å². The Labute approximate surface area is 164 Å². The van der Waals surface area contributed by atoms with E-state index in [1.54, 1.807) is 6.20 Å². The third kappa shape index (κ3) is 5.21. The Hall–Kier alpha value is -3.58. The van der Waals surface area contributed by atoms with Crippen LogP contribution in [-0.2, 0) is 11.3 Å². The number of hydrogen-bond acceptors (Lipinski definition) is 6. The van der Waals surface area contributed by atoms with Crippen molar-refractivity contribution in [2.75, 3.05) is 16.4 Å². The molecule has 1 atom stereocenters. The number of carbonyl (C=O) groups excluding carboxylic acids is 1. The van der Waals surface area contributed by atoms with E-state index in [1.807, 2.05) is 59.8 Å². The maximum Gasteiger partial charge on any atom is 0.211 e. The average Bonchev–Trinajstić information content (AvgIpc) is 3.09. The second kappa shape index (κ2) is 9.38. The van der Waals surface area contributed by atoms with E-state index in [2.05, 4.69) is 40.1 Å². The Morgan fingerprint density at radius 3 is 2.96 bits per heavy atom. The van der Waals surface area contributed by atoms with Crippen LogP contribution in [0.1, 0.15) is 12.5 Å². The largest absolute Gasteiger partial charge is 0.382 e. The van der Waals surface area contributed by atoms with Gasteiger partial charge in [0.1, 0.15) is 5.82 Å². The van der Waals surface area contributed by atoms with Crippen molar-refractivity contribution in [1.82, 2.24) is 15.4 Å². The molecule has 0 aliphatic carbocycles. The Morgan fingerprint density at radius 1 is 1.29 bits per heavy atom. The summed E-state index contributed by atoms with van der Waals surface area (Å²) < 4.78 is 0. The van der Waals surface area contributed by atoms with Gasteiger partial charge < -0.3 is 16.4 Å². The van der Waals surface area contributed by atoms with Gasteiger partial charge in [0.25, 0.3) is 0 Å². The lowest BCUT2D eigenvalue weighted by Crippen LogP contribution is -2.31. The average molecular weight is 376 g/mol. The number of allylic oxidation sites excluding steroid dienone is 3. The van der Waals surface area contributed by atoms with Crippen LogP contribution in [0.2, 0.25) is 0 Å². The number of rotatable bonds is 5. The van der Waals surface area contributed by atoms with Gasteiger partial charge >= 0.3 is 0 Å². The number of nitrogens with two attached hydrogens (primary N) is 1. The van der Waals surface area contributed by atoms with Crippen LogP contribution < -0.4 is 21.8 Å². The predicted octanol–water partition coefficient (Wildman–Crippen LogP) is 3.01. The van der Waals surface area contributed by atoms with Crippen molar-refractivity contribution >= 4 is 23.6 Å². The van der Waals surface area contributed by atoms with Crippen molar-refractivity contribution < 1.29 is 4.79 Å². The number of aromatic nitrogens is 1. The number of hydrazine groups is 1. The van der Waals surface area contributed by atoms with Crippen LogP contribution in [0.25, 0.3) is 0 Å². The highest BCUT2D eigenvalue weighted by molar-refractivity contribution is 5.71. The van der Waals surface area contributed by atoms with Gasteiger partial charge in [-0.15, -0.1) is 0 Å². The smallest absolute Gasteiger partial charge is 0.211 e. The molecule has 7 heteroatoms. The van der Waals surface area contributed by atoms with Crippen molar-refractivity contribution in [3.63, 3.8) is 0 Å². The third-order valence-electron chi connectivity index (χ3n) is 4.13. The molecule has 1 aromatic heterocycles. The Bertz CT molecular complexity index is 905. The standard InChI is InChI=1S/C13H14N4O.C8H10N2/c14-13-12(5-2-6-15-13)16-8-10-3-1-4-11(7-10)17-9-18;1-7-6-8-4-2-3-5-10(8)9-7/h1-7,9,16H,8H2,(H2,14,15)(H,17,18);2-7,9H,1H3. The third-order valence-corrected chi connectivity index (χ3v) is 4.13. The van der Waals surface area contributed by atoms with Crippen LogP contribution in [0.15, 0.2) is 78.8 Å². The summed E-state index contributed by atoms with van der Waals surface area (Å²) in [6, 6.07) is 11.7. The fourth-order valence-corrected chi connectivity index (χ4v) is 2.83. The number of nitrogens with zero attached hydrogens (tertiary/aromatic N) is 2. The summed E-state index contributed by atoms with van der Waals surface area (Å²) in [5.41, 5.74) is 12.8. The van der Waals surface area contributed by atoms with Crippen molar-refractivity contribution in [3.8, 4) is 0 Å². The monoisotopic (exact) mass is 376 g/mol. The number of carbonyl (C=O) groups is 1. The van der Waals surface area contributed by atoms with Gasteiger partial charge in [-0.05, 0) is 55.0 Å². The Kier molecular flexibility index (Phi) is 6.43. The molecule has 1 unspecified atom stereocenters. The van der Waals surface area contributed by atoms with Gasteiger partial charge in [-0.3, -0.25) is 9.80 Å². The summed E-state index contributed by atoms with van der Waals surface area (Å²) in [6.45, 7) is 2.75. The van der Waals surface area contributed by atoms with E-state index >= 15 is 0 Å². The Balaban J connectivity index is 0.000000188. The topological polar surface area (TPSA) is 95.3 Å². The zero-order chi connectivity index (χ0) is 19.8. The molecule has 7 nitrogen and oxygen atoms in total. The summed E-state index contributed by atoms with van der Waals surface area (Å²) in [5, 5.41) is 7.84. The predicted molar refractivity (Wildman–Crippen MR) is 113 cm³/mol. The lowest BCUT2D eigenvalue weighted by atomic mass is 10.2. The first-order valence-corrected chi connectivity index (χ1v) is 9.01. The quantitative estimate of drug-likeness (QED) is 0.599. The van der Waals surface area contributed by atoms with Crippen molar-refractivity contribution in [2.24, 2.45) is 0 Å². The van der Waals surface area contributed by atoms with Gasteiger partial charge in [-0.25, -0.2) is 10.4 Å². The Morgan fingerprint density at radius 2 is 2.18 bits per heavy atom. The lowest BCUT2D eigenvalue weighted by molar-refractivity contribution is -0.105. The minimum absolute atomic E-state index is 0.461. The first kappa shape index (κ1) is 19.2. The van der Waals surface area contributed by atoms with Gasteiger partial charge in [0.05, 0.1) is 11.4 Å². The highest BCUT2D eigenvalue weighted by atomic mass is 16.1. The molecule has 2 aromatic rings. The molecule has 0 fully saturated rings. The zero-order valence-electron chi connectivity index (χ0n) is 15.7. The molecular formula is C21H24N6O. The molecule has 0 spiro atoms. The van der Waals surface area contributed by atoms with Gasteiger partial charge in [0.15, 0.2) is 0 Å². The first-order valence-electron chi connectivity index (χ1n) is 9.01. The minimum atomic E-state index is 0.461. The van der Waals surface area contributed by atoms with Crippen LogP contribution in [-0.4, -0.2) is 22.4 Å². The van der Waals surface area contributed by atoms with Gasteiger partial charge in [-0.1, -0.05) is 18.2 Å². The number of fused-ring (bicyclic) bond motifs is 1. The summed E-state index contributed by atoms with van der Waals surface area (Å²) in [4.78, 5) is 14.4. The van der Waals surface area contributed by atoms with E-state index in [9.17, 15) is 4.79 Å². The van der Waals surface area contributed by atoms with Crippen molar-refractivity contribution in [3.05, 3.63) is 84.4 Å². The van der Waals surface area contributed by atoms with E-state index in [0.29, 0.717) is 24.8 Å². The molecule has 28 heavy (non-hydrogen) atoms. The van der Waals surface area contributed by atoms with E-state index in [1.165, 1.54) is 5.70 Å². The molecule has 5 N–H and O–H groups in total. The molecule has 0 saturated carbocycles. The van der Waals surface area contributed by atoms with E-state index in [0.717, 1.165) is 16.9 Å². The molecule has 144 valence electrons. The summed E-state index contributed by atoms with van der Waals surface area (Å²) in [5.74, 6) is 0.472. The molecule has 0 saturated heterocycles. The fourth-order valence-electron chi connectivity index (χ4n) is 2.83. The molecular weight excluding hydrogens is 352 g/mol. The molecule has 0 radical (unpaired) electrons. The molecule has 3 heterocycles. The van der Waals surface area contributed by atoms with Gasteiger partial charge in [0, 0.05) is 30.7 Å². The maximum atomic E-state index is 10.4. The fraction of sp³-hybridized carbons (Fsp3) is 0.143. The summed E-state index contributed by atoms with van der Waals surface area (Å²) in [6.07, 6.45) is 12.7. The molecule has 2 aliphatic rings. The van der Waals surface area contributed by atoms with Gasteiger partial charge in [-0.2, -0.15) is 0 Å². The molecule has 1 amide bonds. The highest BCUT2D eigenvalue weighted by Crippen LogP contribution is 2.17. The van der Waals surface area contributed by atoms with Crippen LogP contribution >= 0.6 is 0 Å². The number of benzene rings is 1. The maximum absolute atomic E-state index is 10.4. The zero-order valence-corrected chi connectivity index (χ0v) is 15.7. The molecule has 2 aliphatic heterocycles. The SMILES string of the molecule is CC1C=C2C=CC=CN2N1.Nc1ncccc1NCc1cccc(NC=O)c1. The number of anilines is 3. The number of hydrogen-bond donors (Lipinski definition) is 4. The molecule has 1 aromatic carbocycles. The van der Waals surface area contributed by atoms with Crippen LogP contribution in [0, 0.1) is 0 Å². The summed E-state index contributed by atoms with van der Waals surface area (Å²) >= 11 is 0. The van der Waals surface area contributed by atoms with Crippen molar-refractivity contribution in [1.29, 1.82) is 0 Å². The van der Waals surface area contributed by atoms with Crippen molar-refractivity contribution in [2.45, 2.75) is 19.5 Å². The second-order valence-corrected chi connectivity index (χ2v) is 6.33. The normalized spacial score (nSPS) is 16.5. The number of amides is 1. The lowest BCUT2D eigenvalue weighted by Gasteiger charge is -2.18. The molecule has 0 bridgehead atoms. The highest BCUT2D eigenvalue weighted by Gasteiger charge is 2.15. The van der Waals surface area contributed by atoms with Crippen LogP contribution in [0.3, 0.4) is 0 Å². The van der Waals surface area contributed by atoms with E-state index in [4.69, 9.17) is 5.73 Å². The summed E-state index contributed by atoms with van der Waals surface area (Å²) in [7, 11) is 0. The second-order valence-electron chi connectivity index (χ2n) is 6.33. The van der Waals surface area contributed by atoms with E-state index in [-0.39, 0.29) is 0 Å². The number of nitrogens with one attached hydrogen (secondary N) is 3. The number of nitrogen functional groups attached to an aromatic ring is 1. The molecule has 4 rings (SSSR count).